The first kappa shape index (κ1) is 29.7. The Kier molecular flexibility index (Phi) is 9.45. The molecule has 0 radical (unpaired) electrons. The van der Waals surface area contributed by atoms with Crippen LogP contribution in [0, 0.1) is 0 Å². The van der Waals surface area contributed by atoms with E-state index in [4.69, 9.17) is 23.2 Å². The molecular formula is C29H30Cl2N4O4S2. The lowest BCUT2D eigenvalue weighted by Crippen LogP contribution is -2.31. The normalized spacial score (nSPS) is 14.4. The average Bonchev–Trinajstić information content (AvgIpc) is 3.39. The maximum Gasteiger partial charge on any atom is 0.265 e. The monoisotopic (exact) mass is 632 g/mol. The standard InChI is InChI=1S/C29H30Cl2N4O4S2/c30-24-16-20(15-22(36)18-41(38,39)28-10-9-27(31)40-28)5-8-26(24)35-19-33-25-17-21(6-7-23(25)29(35)37)32-11-4-14-34-12-2-1-3-13-34/h5-10,16-17,19,32H,1-4,11-15,18H2. The Hall–Kier alpha value is -2.76. The summed E-state index contributed by atoms with van der Waals surface area (Å²) in [5.74, 6) is -1.11. The van der Waals surface area contributed by atoms with Gasteiger partial charge in [-0.25, -0.2) is 13.4 Å². The van der Waals surface area contributed by atoms with Gasteiger partial charge in [0.15, 0.2) is 15.6 Å². The number of halogens is 2. The van der Waals surface area contributed by atoms with E-state index in [0.29, 0.717) is 26.5 Å². The summed E-state index contributed by atoms with van der Waals surface area (Å²) in [7, 11) is -3.77. The van der Waals surface area contributed by atoms with Crippen LogP contribution in [-0.4, -0.2) is 60.6 Å². The molecule has 41 heavy (non-hydrogen) atoms. The largest absolute Gasteiger partial charge is 0.385 e. The number of nitrogens with zero attached hydrogens (tertiary/aromatic N) is 3. The van der Waals surface area contributed by atoms with Crippen LogP contribution in [0.15, 0.2) is 63.9 Å². The van der Waals surface area contributed by atoms with Crippen LogP contribution in [0.25, 0.3) is 16.6 Å². The maximum atomic E-state index is 13.3. The van der Waals surface area contributed by atoms with Gasteiger partial charge < -0.3 is 10.2 Å². The number of hydrogen-bond donors (Lipinski definition) is 1. The van der Waals surface area contributed by atoms with Crippen molar-refractivity contribution in [3.05, 3.63) is 80.1 Å². The minimum Gasteiger partial charge on any atom is -0.385 e. The fourth-order valence-corrected chi connectivity index (χ4v) is 8.11. The molecule has 0 spiro atoms. The molecule has 1 saturated heterocycles. The molecule has 8 nitrogen and oxygen atoms in total. The number of fused-ring (bicyclic) bond motifs is 1. The highest BCUT2D eigenvalue weighted by molar-refractivity contribution is 7.94. The van der Waals surface area contributed by atoms with Gasteiger partial charge in [-0.3, -0.25) is 14.2 Å². The Bertz CT molecular complexity index is 1730. The van der Waals surface area contributed by atoms with E-state index < -0.39 is 21.4 Å². The second kappa shape index (κ2) is 13.0. The van der Waals surface area contributed by atoms with Crippen molar-refractivity contribution in [3.8, 4) is 5.69 Å². The van der Waals surface area contributed by atoms with Gasteiger partial charge in [0, 0.05) is 18.7 Å². The summed E-state index contributed by atoms with van der Waals surface area (Å²) in [6.07, 6.45) is 6.28. The van der Waals surface area contributed by atoms with Gasteiger partial charge in [-0.1, -0.05) is 35.7 Å². The molecule has 0 bridgehead atoms. The number of aromatic nitrogens is 2. The molecule has 4 aromatic rings. The number of anilines is 1. The summed E-state index contributed by atoms with van der Waals surface area (Å²) in [6, 6.07) is 13.2. The molecule has 0 aliphatic carbocycles. The predicted octanol–water partition coefficient (Wildman–Crippen LogP) is 5.63. The summed E-state index contributed by atoms with van der Waals surface area (Å²) in [4.78, 5) is 32.8. The Labute approximate surface area is 252 Å². The van der Waals surface area contributed by atoms with Crippen molar-refractivity contribution in [2.45, 2.75) is 36.3 Å². The number of thiophene rings is 1. The molecule has 12 heteroatoms. The quantitative estimate of drug-likeness (QED) is 0.214. The van der Waals surface area contributed by atoms with E-state index in [9.17, 15) is 18.0 Å². The fraction of sp³-hybridized carbons (Fsp3) is 0.345. The molecule has 1 N–H and O–H groups in total. The van der Waals surface area contributed by atoms with Crippen molar-refractivity contribution in [1.82, 2.24) is 14.5 Å². The Morgan fingerprint density at radius 1 is 1.02 bits per heavy atom. The number of benzene rings is 2. The van der Waals surface area contributed by atoms with Crippen LogP contribution in [0.3, 0.4) is 0 Å². The first-order valence-electron chi connectivity index (χ1n) is 13.5. The molecule has 2 aromatic carbocycles. The molecule has 5 rings (SSSR count). The van der Waals surface area contributed by atoms with Gasteiger partial charge in [-0.15, -0.1) is 11.3 Å². The molecule has 0 unspecified atom stereocenters. The van der Waals surface area contributed by atoms with Gasteiger partial charge in [0.1, 0.15) is 16.3 Å². The number of rotatable bonds is 11. The lowest BCUT2D eigenvalue weighted by atomic mass is 10.1. The smallest absolute Gasteiger partial charge is 0.265 e. The fourth-order valence-electron chi connectivity index (χ4n) is 5.00. The summed E-state index contributed by atoms with van der Waals surface area (Å²) >= 11 is 13.3. The van der Waals surface area contributed by atoms with Gasteiger partial charge in [0.2, 0.25) is 0 Å². The average molecular weight is 634 g/mol. The van der Waals surface area contributed by atoms with Crippen molar-refractivity contribution >= 4 is 66.7 Å². The van der Waals surface area contributed by atoms with Crippen LogP contribution in [-0.2, 0) is 21.1 Å². The summed E-state index contributed by atoms with van der Waals surface area (Å²) in [5.41, 5.74) is 2.19. The van der Waals surface area contributed by atoms with E-state index in [1.165, 1.54) is 55.4 Å². The minimum absolute atomic E-state index is 0.0585. The molecule has 216 valence electrons. The molecular weight excluding hydrogens is 603 g/mol. The summed E-state index contributed by atoms with van der Waals surface area (Å²) in [6.45, 7) is 4.31. The van der Waals surface area contributed by atoms with Gasteiger partial charge >= 0.3 is 0 Å². The SMILES string of the molecule is O=C(Cc1ccc(-n2cnc3cc(NCCCN4CCCCC4)ccc3c2=O)c(Cl)c1)CS(=O)(=O)c1ccc(Cl)s1. The zero-order valence-electron chi connectivity index (χ0n) is 22.3. The number of nitrogens with one attached hydrogen (secondary N) is 1. The van der Waals surface area contributed by atoms with Crippen molar-refractivity contribution in [2.24, 2.45) is 0 Å². The minimum atomic E-state index is -3.77. The highest BCUT2D eigenvalue weighted by Gasteiger charge is 2.22. The third-order valence-electron chi connectivity index (χ3n) is 7.07. The lowest BCUT2D eigenvalue weighted by molar-refractivity contribution is -0.116. The molecule has 1 aliphatic rings. The third kappa shape index (κ3) is 7.37. The first-order valence-corrected chi connectivity index (χ1v) is 16.7. The van der Waals surface area contributed by atoms with Gasteiger partial charge in [-0.2, -0.15) is 0 Å². The van der Waals surface area contributed by atoms with Crippen molar-refractivity contribution < 1.29 is 13.2 Å². The Morgan fingerprint density at radius 3 is 2.56 bits per heavy atom. The van der Waals surface area contributed by atoms with E-state index in [1.54, 1.807) is 24.3 Å². The van der Waals surface area contributed by atoms with Gasteiger partial charge in [0.25, 0.3) is 5.56 Å². The van der Waals surface area contributed by atoms with Crippen LogP contribution in [0.5, 0.6) is 0 Å². The highest BCUT2D eigenvalue weighted by atomic mass is 35.5. The van der Waals surface area contributed by atoms with Gasteiger partial charge in [-0.05, 0) is 86.9 Å². The number of ketones is 1. The highest BCUT2D eigenvalue weighted by Crippen LogP contribution is 2.27. The van der Waals surface area contributed by atoms with Crippen molar-refractivity contribution in [3.63, 3.8) is 0 Å². The molecule has 2 aromatic heterocycles. The Balaban J connectivity index is 1.24. The van der Waals surface area contributed by atoms with Crippen molar-refractivity contribution in [2.75, 3.05) is 37.2 Å². The van der Waals surface area contributed by atoms with E-state index in [0.717, 1.165) is 36.5 Å². The molecule has 3 heterocycles. The van der Waals surface area contributed by atoms with Crippen LogP contribution in [0.1, 0.15) is 31.2 Å². The first-order chi connectivity index (χ1) is 19.7. The summed E-state index contributed by atoms with van der Waals surface area (Å²) in [5, 5.41) is 4.14. The number of hydrogen-bond acceptors (Lipinski definition) is 8. The van der Waals surface area contributed by atoms with E-state index in [1.807, 2.05) is 12.1 Å². The predicted molar refractivity (Wildman–Crippen MR) is 166 cm³/mol. The number of sulfone groups is 1. The number of carbonyl (C=O) groups is 1. The summed E-state index contributed by atoms with van der Waals surface area (Å²) < 4.78 is 26.8. The van der Waals surface area contributed by atoms with E-state index in [2.05, 4.69) is 15.2 Å². The van der Waals surface area contributed by atoms with Crippen LogP contribution < -0.4 is 10.9 Å². The lowest BCUT2D eigenvalue weighted by Gasteiger charge is -2.26. The second-order valence-corrected chi connectivity index (χ2v) is 14.5. The zero-order chi connectivity index (χ0) is 29.0. The topological polar surface area (TPSA) is 101 Å². The number of Topliss-reactive ketones (excluding diaryl/α,β-unsaturated/α-hetero) is 1. The molecule has 0 atom stereocenters. The zero-order valence-corrected chi connectivity index (χ0v) is 25.5. The van der Waals surface area contributed by atoms with Crippen molar-refractivity contribution in [1.29, 1.82) is 0 Å². The van der Waals surface area contributed by atoms with Gasteiger partial charge in [0.05, 0.1) is 25.9 Å². The molecule has 0 saturated carbocycles. The van der Waals surface area contributed by atoms with Crippen LogP contribution >= 0.6 is 34.5 Å². The third-order valence-corrected chi connectivity index (χ3v) is 10.9. The molecule has 1 fully saturated rings. The number of carbonyl (C=O) groups excluding carboxylic acids is 1. The van der Waals surface area contributed by atoms with E-state index in [-0.39, 0.29) is 21.2 Å². The number of piperidine rings is 1. The number of likely N-dealkylation sites (tertiary alicyclic amines) is 1. The van der Waals surface area contributed by atoms with Crippen LogP contribution in [0.2, 0.25) is 9.36 Å². The second-order valence-electron chi connectivity index (χ2n) is 10.2. The Morgan fingerprint density at radius 2 is 1.83 bits per heavy atom. The molecule has 0 amide bonds. The van der Waals surface area contributed by atoms with Crippen LogP contribution in [0.4, 0.5) is 5.69 Å². The maximum absolute atomic E-state index is 13.3. The van der Waals surface area contributed by atoms with E-state index >= 15 is 0 Å². The molecule has 1 aliphatic heterocycles.